The second kappa shape index (κ2) is 5.92. The lowest BCUT2D eigenvalue weighted by Crippen LogP contribution is -2.44. The first-order chi connectivity index (χ1) is 10.6. The predicted octanol–water partition coefficient (Wildman–Crippen LogP) is 4.11. The van der Waals surface area contributed by atoms with E-state index in [0.29, 0.717) is 11.3 Å². The Hall–Kier alpha value is -1.95. The van der Waals surface area contributed by atoms with Gasteiger partial charge < -0.3 is 9.16 Å². The van der Waals surface area contributed by atoms with Crippen molar-refractivity contribution in [1.29, 1.82) is 0 Å². The third kappa shape index (κ3) is 3.37. The van der Waals surface area contributed by atoms with Gasteiger partial charge in [0.2, 0.25) is 0 Å². The standard InChI is InChI=1S/C17H24N2O3Si/c1-11-8-12-10-19-14(16(20)21-5)15(13(12)18-9-11)22-23(6,7)17(2,3)4/h8-10H,1-7H3. The first-order valence-electron chi connectivity index (χ1n) is 7.59. The zero-order chi connectivity index (χ0) is 17.4. The highest BCUT2D eigenvalue weighted by Crippen LogP contribution is 2.39. The summed E-state index contributed by atoms with van der Waals surface area (Å²) in [5.74, 6) is -0.0797. The zero-order valence-corrected chi connectivity index (χ0v) is 15.9. The fourth-order valence-corrected chi connectivity index (χ4v) is 2.94. The maximum absolute atomic E-state index is 12.1. The zero-order valence-electron chi connectivity index (χ0n) is 14.9. The van der Waals surface area contributed by atoms with Crippen molar-refractivity contribution >= 4 is 25.2 Å². The van der Waals surface area contributed by atoms with Crippen LogP contribution in [0, 0.1) is 6.92 Å². The number of aryl methyl sites for hydroxylation is 1. The minimum Gasteiger partial charge on any atom is -0.540 e. The number of esters is 1. The monoisotopic (exact) mass is 332 g/mol. The molecule has 6 heteroatoms. The minimum atomic E-state index is -2.15. The van der Waals surface area contributed by atoms with Crippen molar-refractivity contribution in [2.45, 2.75) is 45.8 Å². The van der Waals surface area contributed by atoms with Gasteiger partial charge in [-0.25, -0.2) is 9.78 Å². The molecule has 0 amide bonds. The molecule has 0 spiro atoms. The maximum Gasteiger partial charge on any atom is 0.360 e. The number of fused-ring (bicyclic) bond motifs is 1. The topological polar surface area (TPSA) is 61.3 Å². The van der Waals surface area contributed by atoms with Gasteiger partial charge in [-0.3, -0.25) is 4.98 Å². The van der Waals surface area contributed by atoms with Gasteiger partial charge in [0.05, 0.1) is 7.11 Å². The molecule has 124 valence electrons. The molecule has 0 N–H and O–H groups in total. The third-order valence-corrected chi connectivity index (χ3v) is 8.69. The Labute approximate surface area is 138 Å². The van der Waals surface area contributed by atoms with Gasteiger partial charge in [0.25, 0.3) is 8.32 Å². The quantitative estimate of drug-likeness (QED) is 0.625. The summed E-state index contributed by atoms with van der Waals surface area (Å²) in [4.78, 5) is 20.8. The normalized spacial score (nSPS) is 12.3. The summed E-state index contributed by atoms with van der Waals surface area (Å²) in [6, 6.07) is 1.98. The van der Waals surface area contributed by atoms with Crippen molar-refractivity contribution < 1.29 is 14.0 Å². The molecule has 2 rings (SSSR count). The van der Waals surface area contributed by atoms with Crippen LogP contribution in [0.15, 0.2) is 18.5 Å². The fourth-order valence-electron chi connectivity index (χ4n) is 1.93. The number of carbonyl (C=O) groups is 1. The molecular formula is C17H24N2O3Si. The highest BCUT2D eigenvalue weighted by atomic mass is 28.4. The van der Waals surface area contributed by atoms with Gasteiger partial charge in [-0.05, 0) is 36.7 Å². The highest BCUT2D eigenvalue weighted by molar-refractivity contribution is 6.74. The smallest absolute Gasteiger partial charge is 0.360 e. The number of carbonyl (C=O) groups excluding carboxylic acids is 1. The van der Waals surface area contributed by atoms with Crippen LogP contribution in [0.5, 0.6) is 5.75 Å². The first-order valence-corrected chi connectivity index (χ1v) is 10.5. The van der Waals surface area contributed by atoms with Crippen LogP contribution in [-0.4, -0.2) is 31.4 Å². The van der Waals surface area contributed by atoms with E-state index in [1.807, 2.05) is 13.0 Å². The van der Waals surface area contributed by atoms with Crippen LogP contribution in [0.25, 0.3) is 10.9 Å². The average Bonchev–Trinajstić information content (AvgIpc) is 2.45. The number of pyridine rings is 2. The number of aromatic nitrogens is 2. The van der Waals surface area contributed by atoms with Crippen LogP contribution >= 0.6 is 0 Å². The van der Waals surface area contributed by atoms with Gasteiger partial charge in [-0.15, -0.1) is 0 Å². The molecular weight excluding hydrogens is 308 g/mol. The molecule has 2 heterocycles. The highest BCUT2D eigenvalue weighted by Gasteiger charge is 2.40. The Bertz CT molecular complexity index is 751. The predicted molar refractivity (Wildman–Crippen MR) is 93.4 cm³/mol. The van der Waals surface area contributed by atoms with Gasteiger partial charge >= 0.3 is 5.97 Å². The van der Waals surface area contributed by atoms with E-state index in [1.165, 1.54) is 7.11 Å². The van der Waals surface area contributed by atoms with Crippen molar-refractivity contribution in [3.63, 3.8) is 0 Å². The van der Waals surface area contributed by atoms with Gasteiger partial charge in [0.1, 0.15) is 5.52 Å². The summed E-state index contributed by atoms with van der Waals surface area (Å²) in [5.41, 5.74) is 1.86. The lowest BCUT2D eigenvalue weighted by Gasteiger charge is -2.36. The molecule has 0 aliphatic rings. The summed E-state index contributed by atoms with van der Waals surface area (Å²) in [7, 11) is -0.814. The number of methoxy groups -OCH3 is 1. The van der Waals surface area contributed by atoms with Crippen LogP contribution in [0.2, 0.25) is 18.1 Å². The van der Waals surface area contributed by atoms with Crippen LogP contribution in [0.4, 0.5) is 0 Å². The number of hydrogen-bond donors (Lipinski definition) is 0. The fraction of sp³-hybridized carbons (Fsp3) is 0.471. The van der Waals surface area contributed by atoms with Crippen molar-refractivity contribution in [2.75, 3.05) is 7.11 Å². The summed E-state index contributed by atoms with van der Waals surface area (Å²) in [6.45, 7) is 12.7. The minimum absolute atomic E-state index is 0.00670. The Morgan fingerprint density at radius 2 is 1.83 bits per heavy atom. The molecule has 2 aromatic heterocycles. The molecule has 5 nitrogen and oxygen atoms in total. The van der Waals surface area contributed by atoms with Crippen molar-refractivity contribution in [2.24, 2.45) is 0 Å². The van der Waals surface area contributed by atoms with Crippen LogP contribution in [0.3, 0.4) is 0 Å². The number of rotatable bonds is 3. The van der Waals surface area contributed by atoms with Crippen molar-refractivity contribution in [3.8, 4) is 5.75 Å². The van der Waals surface area contributed by atoms with E-state index in [-0.39, 0.29) is 10.7 Å². The SMILES string of the molecule is COC(=O)c1ncc2cc(C)cnc2c1O[Si](C)(C)C(C)(C)C. The molecule has 0 bridgehead atoms. The molecule has 0 aliphatic heterocycles. The number of hydrogen-bond acceptors (Lipinski definition) is 5. The lowest BCUT2D eigenvalue weighted by molar-refractivity contribution is 0.0592. The molecule has 0 atom stereocenters. The van der Waals surface area contributed by atoms with Crippen LogP contribution in [0.1, 0.15) is 36.8 Å². The second-order valence-electron chi connectivity index (χ2n) is 7.24. The number of nitrogens with zero attached hydrogens (tertiary/aromatic N) is 2. The maximum atomic E-state index is 12.1. The molecule has 0 saturated carbocycles. The molecule has 0 aromatic carbocycles. The summed E-state index contributed by atoms with van der Waals surface area (Å²) in [6.07, 6.45) is 3.40. The van der Waals surface area contributed by atoms with E-state index in [9.17, 15) is 4.79 Å². The summed E-state index contributed by atoms with van der Waals surface area (Å²) < 4.78 is 11.2. The molecule has 0 saturated heterocycles. The summed E-state index contributed by atoms with van der Waals surface area (Å²) in [5, 5.41) is 0.846. The van der Waals surface area contributed by atoms with Crippen molar-refractivity contribution in [1.82, 2.24) is 9.97 Å². The largest absolute Gasteiger partial charge is 0.540 e. The van der Waals surface area contributed by atoms with E-state index in [0.717, 1.165) is 10.9 Å². The molecule has 2 aromatic rings. The Morgan fingerprint density at radius 1 is 1.17 bits per heavy atom. The average molecular weight is 332 g/mol. The molecule has 23 heavy (non-hydrogen) atoms. The first kappa shape index (κ1) is 17.4. The Morgan fingerprint density at radius 3 is 2.39 bits per heavy atom. The van der Waals surface area contributed by atoms with E-state index >= 15 is 0 Å². The van der Waals surface area contributed by atoms with E-state index < -0.39 is 14.3 Å². The molecule has 0 unspecified atom stereocenters. The van der Waals surface area contributed by atoms with Crippen molar-refractivity contribution in [3.05, 3.63) is 29.7 Å². The summed E-state index contributed by atoms with van der Waals surface area (Å²) >= 11 is 0. The van der Waals surface area contributed by atoms with E-state index in [1.54, 1.807) is 12.4 Å². The van der Waals surface area contributed by atoms with E-state index in [2.05, 4.69) is 43.8 Å². The second-order valence-corrected chi connectivity index (χ2v) is 12.0. The lowest BCUT2D eigenvalue weighted by atomic mass is 10.2. The van der Waals surface area contributed by atoms with Gasteiger partial charge in [0.15, 0.2) is 11.4 Å². The Balaban J connectivity index is 2.69. The molecule has 0 aliphatic carbocycles. The van der Waals surface area contributed by atoms with Gasteiger partial charge in [-0.2, -0.15) is 0 Å². The third-order valence-electron chi connectivity index (χ3n) is 4.36. The van der Waals surface area contributed by atoms with Crippen LogP contribution in [-0.2, 0) is 4.74 Å². The Kier molecular flexibility index (Phi) is 4.48. The number of ether oxygens (including phenoxy) is 1. The van der Waals surface area contributed by atoms with Gasteiger partial charge in [-0.1, -0.05) is 20.8 Å². The van der Waals surface area contributed by atoms with Crippen LogP contribution < -0.4 is 4.43 Å². The molecule has 0 radical (unpaired) electrons. The molecule has 0 fully saturated rings. The van der Waals surface area contributed by atoms with E-state index in [4.69, 9.17) is 9.16 Å². The van der Waals surface area contributed by atoms with Gasteiger partial charge in [0, 0.05) is 17.8 Å².